The lowest BCUT2D eigenvalue weighted by Crippen LogP contribution is -2.29. The molecule has 0 spiro atoms. The van der Waals surface area contributed by atoms with E-state index in [9.17, 15) is 0 Å². The molecule has 0 saturated carbocycles. The van der Waals surface area contributed by atoms with Gasteiger partial charge in [0.05, 0.1) is 13.1 Å². The van der Waals surface area contributed by atoms with Crippen LogP contribution in [0, 0.1) is 0 Å². The molecule has 0 radical (unpaired) electrons. The van der Waals surface area contributed by atoms with Gasteiger partial charge in [-0.15, -0.1) is 0 Å². The average molecular weight is 238 g/mol. The van der Waals surface area contributed by atoms with Crippen LogP contribution in [0.15, 0.2) is 16.5 Å². The highest BCUT2D eigenvalue weighted by molar-refractivity contribution is 5.07. The van der Waals surface area contributed by atoms with Gasteiger partial charge in [0.25, 0.3) is 0 Å². The molecule has 0 aliphatic rings. The summed E-state index contributed by atoms with van der Waals surface area (Å²) >= 11 is 0. The van der Waals surface area contributed by atoms with Crippen molar-refractivity contribution in [1.82, 2.24) is 10.2 Å². The molecule has 0 aromatic carbocycles. The summed E-state index contributed by atoms with van der Waals surface area (Å²) < 4.78 is 5.81. The van der Waals surface area contributed by atoms with Crippen molar-refractivity contribution in [3.05, 3.63) is 23.7 Å². The Morgan fingerprint density at radius 1 is 1.18 bits per heavy atom. The minimum atomic E-state index is 0.492. The Kier molecular flexibility index (Phi) is 5.72. The van der Waals surface area contributed by atoms with Crippen LogP contribution < -0.4 is 5.32 Å². The summed E-state index contributed by atoms with van der Waals surface area (Å²) in [6.45, 7) is 13.7. The third kappa shape index (κ3) is 4.92. The van der Waals surface area contributed by atoms with Crippen LogP contribution in [-0.4, -0.2) is 23.5 Å². The van der Waals surface area contributed by atoms with Crippen molar-refractivity contribution in [3.8, 4) is 0 Å². The zero-order valence-electron chi connectivity index (χ0n) is 11.8. The largest absolute Gasteiger partial charge is 0.463 e. The molecule has 1 aromatic rings. The molecule has 0 aliphatic heterocycles. The summed E-state index contributed by atoms with van der Waals surface area (Å²) in [5.74, 6) is 2.08. The molecule has 1 heterocycles. The summed E-state index contributed by atoms with van der Waals surface area (Å²) in [4.78, 5) is 2.39. The van der Waals surface area contributed by atoms with E-state index in [1.807, 2.05) is 0 Å². The maximum atomic E-state index is 5.81. The Bertz CT molecular complexity index is 318. The van der Waals surface area contributed by atoms with Gasteiger partial charge in [-0.1, -0.05) is 20.8 Å². The molecule has 1 rings (SSSR count). The average Bonchev–Trinajstić information content (AvgIpc) is 2.70. The molecule has 1 aromatic heterocycles. The van der Waals surface area contributed by atoms with Crippen LogP contribution in [0.25, 0.3) is 0 Å². The predicted octanol–water partition coefficient (Wildman–Crippen LogP) is 3.01. The van der Waals surface area contributed by atoms with Crippen molar-refractivity contribution in [2.45, 2.75) is 59.8 Å². The zero-order chi connectivity index (χ0) is 12.8. The number of hydrogen-bond acceptors (Lipinski definition) is 3. The highest BCUT2D eigenvalue weighted by Gasteiger charge is 2.10. The maximum Gasteiger partial charge on any atom is 0.118 e. The Balaban J connectivity index is 2.50. The van der Waals surface area contributed by atoms with E-state index in [4.69, 9.17) is 4.42 Å². The molecule has 0 unspecified atom stereocenters. The van der Waals surface area contributed by atoms with E-state index in [0.29, 0.717) is 12.1 Å². The van der Waals surface area contributed by atoms with E-state index >= 15 is 0 Å². The molecule has 98 valence electrons. The fourth-order valence-electron chi connectivity index (χ4n) is 1.77. The molecule has 3 heteroatoms. The highest BCUT2D eigenvalue weighted by Crippen LogP contribution is 2.12. The summed E-state index contributed by atoms with van der Waals surface area (Å²) in [6.07, 6.45) is 0. The van der Waals surface area contributed by atoms with Crippen LogP contribution in [-0.2, 0) is 13.1 Å². The minimum Gasteiger partial charge on any atom is -0.463 e. The molecule has 0 aliphatic carbocycles. The molecule has 0 atom stereocenters. The van der Waals surface area contributed by atoms with Gasteiger partial charge >= 0.3 is 0 Å². The van der Waals surface area contributed by atoms with E-state index in [0.717, 1.165) is 31.2 Å². The maximum absolute atomic E-state index is 5.81. The first-order valence-electron chi connectivity index (χ1n) is 6.58. The standard InChI is InChI=1S/C14H26N2O/c1-6-16(12(4)5)10-14-8-7-13(17-14)9-15-11(2)3/h7-8,11-12,15H,6,9-10H2,1-5H3. The van der Waals surface area contributed by atoms with Crippen molar-refractivity contribution < 1.29 is 4.42 Å². The van der Waals surface area contributed by atoms with Gasteiger partial charge in [-0.25, -0.2) is 0 Å². The van der Waals surface area contributed by atoms with Gasteiger partial charge in [0.2, 0.25) is 0 Å². The van der Waals surface area contributed by atoms with Gasteiger partial charge < -0.3 is 9.73 Å². The quantitative estimate of drug-likeness (QED) is 0.791. The summed E-state index contributed by atoms with van der Waals surface area (Å²) in [5, 5.41) is 3.36. The Hall–Kier alpha value is -0.800. The second-order valence-corrected chi connectivity index (χ2v) is 5.06. The third-order valence-electron chi connectivity index (χ3n) is 2.90. The molecule has 0 fully saturated rings. The Morgan fingerprint density at radius 3 is 2.35 bits per heavy atom. The lowest BCUT2D eigenvalue weighted by Gasteiger charge is -2.23. The van der Waals surface area contributed by atoms with Crippen LogP contribution in [0.3, 0.4) is 0 Å². The molecule has 1 N–H and O–H groups in total. The molecule has 3 nitrogen and oxygen atoms in total. The number of nitrogens with zero attached hydrogens (tertiary/aromatic N) is 1. The first kappa shape index (κ1) is 14.3. The van der Waals surface area contributed by atoms with Crippen molar-refractivity contribution in [2.24, 2.45) is 0 Å². The first-order valence-corrected chi connectivity index (χ1v) is 6.58. The number of nitrogens with one attached hydrogen (secondary N) is 1. The van der Waals surface area contributed by atoms with Crippen LogP contribution in [0.5, 0.6) is 0 Å². The predicted molar refractivity (Wildman–Crippen MR) is 71.9 cm³/mol. The number of rotatable bonds is 7. The second kappa shape index (κ2) is 6.82. The van der Waals surface area contributed by atoms with E-state index < -0.39 is 0 Å². The van der Waals surface area contributed by atoms with Crippen molar-refractivity contribution in [2.75, 3.05) is 6.54 Å². The first-order chi connectivity index (χ1) is 8.02. The SMILES string of the molecule is CCN(Cc1ccc(CNC(C)C)o1)C(C)C. The fraction of sp³-hybridized carbons (Fsp3) is 0.714. The monoisotopic (exact) mass is 238 g/mol. The molecular formula is C14H26N2O. The topological polar surface area (TPSA) is 28.4 Å². The zero-order valence-corrected chi connectivity index (χ0v) is 11.8. The van der Waals surface area contributed by atoms with Gasteiger partial charge in [0.1, 0.15) is 11.5 Å². The van der Waals surface area contributed by atoms with E-state index in [2.05, 4.69) is 57.0 Å². The second-order valence-electron chi connectivity index (χ2n) is 5.06. The Labute approximate surface area is 105 Å². The van der Waals surface area contributed by atoms with Gasteiger partial charge in [-0.3, -0.25) is 4.90 Å². The van der Waals surface area contributed by atoms with Crippen LogP contribution in [0.1, 0.15) is 46.1 Å². The molecule has 0 bridgehead atoms. The van der Waals surface area contributed by atoms with Gasteiger partial charge in [0, 0.05) is 12.1 Å². The van der Waals surface area contributed by atoms with Gasteiger partial charge in [0.15, 0.2) is 0 Å². The number of hydrogen-bond donors (Lipinski definition) is 1. The Morgan fingerprint density at radius 2 is 1.82 bits per heavy atom. The van der Waals surface area contributed by atoms with Crippen molar-refractivity contribution >= 4 is 0 Å². The smallest absolute Gasteiger partial charge is 0.118 e. The van der Waals surface area contributed by atoms with Crippen LogP contribution in [0.2, 0.25) is 0 Å². The van der Waals surface area contributed by atoms with Crippen molar-refractivity contribution in [1.29, 1.82) is 0 Å². The summed E-state index contributed by atoms with van der Waals surface area (Å²) in [7, 11) is 0. The van der Waals surface area contributed by atoms with E-state index in [1.165, 1.54) is 0 Å². The van der Waals surface area contributed by atoms with E-state index in [-0.39, 0.29) is 0 Å². The molecule has 0 amide bonds. The van der Waals surface area contributed by atoms with Crippen LogP contribution >= 0.6 is 0 Å². The third-order valence-corrected chi connectivity index (χ3v) is 2.90. The summed E-state index contributed by atoms with van der Waals surface area (Å²) in [5.41, 5.74) is 0. The normalized spacial score (nSPS) is 12.0. The lowest BCUT2D eigenvalue weighted by atomic mass is 10.3. The minimum absolute atomic E-state index is 0.492. The highest BCUT2D eigenvalue weighted by atomic mass is 16.3. The van der Waals surface area contributed by atoms with Gasteiger partial charge in [-0.05, 0) is 32.5 Å². The molecule has 17 heavy (non-hydrogen) atoms. The van der Waals surface area contributed by atoms with Gasteiger partial charge in [-0.2, -0.15) is 0 Å². The van der Waals surface area contributed by atoms with Crippen LogP contribution in [0.4, 0.5) is 0 Å². The molecular weight excluding hydrogens is 212 g/mol. The van der Waals surface area contributed by atoms with Crippen molar-refractivity contribution in [3.63, 3.8) is 0 Å². The summed E-state index contributed by atoms with van der Waals surface area (Å²) in [6, 6.07) is 5.20. The lowest BCUT2D eigenvalue weighted by molar-refractivity contribution is 0.205. The molecule has 0 saturated heterocycles. The fourth-order valence-corrected chi connectivity index (χ4v) is 1.77. The number of furan rings is 1. The van der Waals surface area contributed by atoms with E-state index in [1.54, 1.807) is 0 Å².